The summed E-state index contributed by atoms with van der Waals surface area (Å²) >= 11 is 0. The number of aromatic hydroxyl groups is 1. The van der Waals surface area contributed by atoms with Gasteiger partial charge in [-0.2, -0.15) is 0 Å². The molecule has 158 valence electrons. The van der Waals surface area contributed by atoms with Crippen molar-refractivity contribution in [1.82, 2.24) is 10.6 Å². The largest absolute Gasteiger partial charge is 0.505 e. The number of rotatable bonds is 6. The van der Waals surface area contributed by atoms with E-state index in [9.17, 15) is 19.1 Å². The summed E-state index contributed by atoms with van der Waals surface area (Å²) in [4.78, 5) is 25.9. The molecule has 1 aromatic rings. The van der Waals surface area contributed by atoms with Gasteiger partial charge in [-0.05, 0) is 55.4 Å². The first kappa shape index (κ1) is 20.0. The number of halogens is 1. The first-order chi connectivity index (χ1) is 13.8. The lowest BCUT2D eigenvalue weighted by atomic mass is 9.70. The normalized spacial score (nSPS) is 29.2. The third kappa shape index (κ3) is 3.67. The van der Waals surface area contributed by atoms with Gasteiger partial charge in [0, 0.05) is 18.7 Å². The van der Waals surface area contributed by atoms with E-state index in [2.05, 4.69) is 17.6 Å². The summed E-state index contributed by atoms with van der Waals surface area (Å²) < 4.78 is 18.7. The Labute approximate surface area is 170 Å². The van der Waals surface area contributed by atoms with Crippen LogP contribution in [0, 0.1) is 29.0 Å². The van der Waals surface area contributed by atoms with Crippen molar-refractivity contribution < 1.29 is 23.8 Å². The van der Waals surface area contributed by atoms with Crippen molar-refractivity contribution in [2.45, 2.75) is 51.5 Å². The fourth-order valence-electron chi connectivity index (χ4n) is 5.37. The van der Waals surface area contributed by atoms with Crippen LogP contribution in [0.25, 0.3) is 0 Å². The molecule has 2 bridgehead atoms. The fourth-order valence-corrected chi connectivity index (χ4v) is 5.37. The van der Waals surface area contributed by atoms with Crippen LogP contribution in [0.4, 0.5) is 4.39 Å². The summed E-state index contributed by atoms with van der Waals surface area (Å²) in [6, 6.07) is 1.81. The predicted octanol–water partition coefficient (Wildman–Crippen LogP) is 2.99. The molecule has 2 amide bonds. The third-order valence-corrected chi connectivity index (χ3v) is 7.28. The maximum atomic E-state index is 13.6. The molecule has 0 spiro atoms. The molecule has 3 saturated carbocycles. The maximum absolute atomic E-state index is 13.6. The number of phenolic OH excluding ortho intramolecular Hbond substituents is 1. The minimum Gasteiger partial charge on any atom is -0.505 e. The van der Waals surface area contributed by atoms with Crippen LogP contribution in [0.3, 0.4) is 0 Å². The van der Waals surface area contributed by atoms with Gasteiger partial charge in [0.05, 0.1) is 18.6 Å². The lowest BCUT2D eigenvalue weighted by molar-refractivity contribution is -0.128. The first-order valence-corrected chi connectivity index (χ1v) is 10.5. The smallest absolute Gasteiger partial charge is 0.255 e. The van der Waals surface area contributed by atoms with Crippen LogP contribution >= 0.6 is 0 Å². The molecule has 0 radical (unpaired) electrons. The Bertz CT molecular complexity index is 823. The molecule has 0 aromatic heterocycles. The van der Waals surface area contributed by atoms with Crippen LogP contribution in [-0.4, -0.2) is 36.6 Å². The predicted molar refractivity (Wildman–Crippen MR) is 105 cm³/mol. The number of phenols is 1. The van der Waals surface area contributed by atoms with Crippen LogP contribution in [0.1, 0.15) is 55.8 Å². The van der Waals surface area contributed by atoms with Gasteiger partial charge in [-0.25, -0.2) is 4.39 Å². The van der Waals surface area contributed by atoms with E-state index in [0.717, 1.165) is 44.2 Å². The number of nitrogens with one attached hydrogen (secondary N) is 2. The molecule has 3 N–H and O–H groups in total. The van der Waals surface area contributed by atoms with Crippen LogP contribution < -0.4 is 15.4 Å². The Morgan fingerprint density at radius 2 is 2.00 bits per heavy atom. The number of amides is 2. The topological polar surface area (TPSA) is 87.7 Å². The Balaban J connectivity index is 1.48. The monoisotopic (exact) mass is 404 g/mol. The van der Waals surface area contributed by atoms with Gasteiger partial charge in [0.1, 0.15) is 5.75 Å². The van der Waals surface area contributed by atoms with Gasteiger partial charge in [-0.1, -0.05) is 13.3 Å². The van der Waals surface area contributed by atoms with Crippen molar-refractivity contribution in [3.05, 3.63) is 23.5 Å². The molecule has 7 heteroatoms. The Hall–Kier alpha value is -2.31. The van der Waals surface area contributed by atoms with E-state index < -0.39 is 17.5 Å². The molecule has 0 saturated heterocycles. The molecule has 3 aliphatic rings. The molecule has 4 atom stereocenters. The zero-order valence-electron chi connectivity index (χ0n) is 17.0. The SMILES string of the molecule is COc1cc(F)c(O)cc1C(=O)NC1C2CCC(C2)C1C(=O)NCC1(C)CCC1. The van der Waals surface area contributed by atoms with Crippen molar-refractivity contribution in [3.8, 4) is 11.5 Å². The summed E-state index contributed by atoms with van der Waals surface area (Å²) in [5, 5.41) is 15.8. The van der Waals surface area contributed by atoms with Crippen molar-refractivity contribution >= 4 is 11.8 Å². The Morgan fingerprint density at radius 3 is 2.66 bits per heavy atom. The van der Waals surface area contributed by atoms with Gasteiger partial charge >= 0.3 is 0 Å². The van der Waals surface area contributed by atoms with E-state index >= 15 is 0 Å². The van der Waals surface area contributed by atoms with E-state index in [-0.39, 0.29) is 46.4 Å². The second-order valence-electron chi connectivity index (χ2n) is 9.24. The van der Waals surface area contributed by atoms with Crippen molar-refractivity contribution in [1.29, 1.82) is 0 Å². The van der Waals surface area contributed by atoms with Crippen molar-refractivity contribution in [2.75, 3.05) is 13.7 Å². The molecule has 1 aromatic carbocycles. The van der Waals surface area contributed by atoms with E-state index in [0.29, 0.717) is 6.54 Å². The molecular weight excluding hydrogens is 375 g/mol. The number of carbonyl (C=O) groups is 2. The summed E-state index contributed by atoms with van der Waals surface area (Å²) in [7, 11) is 1.34. The summed E-state index contributed by atoms with van der Waals surface area (Å²) in [6.07, 6.45) is 6.42. The number of hydrogen-bond donors (Lipinski definition) is 3. The van der Waals surface area contributed by atoms with Gasteiger partial charge in [0.2, 0.25) is 5.91 Å². The van der Waals surface area contributed by atoms with Crippen LogP contribution in [0.5, 0.6) is 11.5 Å². The second-order valence-corrected chi connectivity index (χ2v) is 9.24. The number of methoxy groups -OCH3 is 1. The van der Waals surface area contributed by atoms with Crippen molar-refractivity contribution in [3.63, 3.8) is 0 Å². The number of ether oxygens (including phenoxy) is 1. The van der Waals surface area contributed by atoms with Crippen LogP contribution in [0.15, 0.2) is 12.1 Å². The van der Waals surface area contributed by atoms with E-state index in [1.807, 2.05) is 0 Å². The molecule has 3 fully saturated rings. The lowest BCUT2D eigenvalue weighted by Gasteiger charge is -2.39. The van der Waals surface area contributed by atoms with Gasteiger partial charge in [0.25, 0.3) is 5.91 Å². The zero-order chi connectivity index (χ0) is 20.8. The highest BCUT2D eigenvalue weighted by atomic mass is 19.1. The number of fused-ring (bicyclic) bond motifs is 2. The highest BCUT2D eigenvalue weighted by Gasteiger charge is 2.51. The van der Waals surface area contributed by atoms with E-state index in [1.54, 1.807) is 0 Å². The maximum Gasteiger partial charge on any atom is 0.255 e. The summed E-state index contributed by atoms with van der Waals surface area (Å²) in [6.45, 7) is 2.88. The Kier molecular flexibility index (Phi) is 5.17. The Morgan fingerprint density at radius 1 is 1.28 bits per heavy atom. The highest BCUT2D eigenvalue weighted by molar-refractivity contribution is 5.98. The molecule has 0 heterocycles. The second kappa shape index (κ2) is 7.50. The van der Waals surface area contributed by atoms with Crippen LogP contribution in [0.2, 0.25) is 0 Å². The molecule has 29 heavy (non-hydrogen) atoms. The van der Waals surface area contributed by atoms with Gasteiger partial charge in [-0.15, -0.1) is 0 Å². The van der Waals surface area contributed by atoms with Crippen molar-refractivity contribution in [2.24, 2.45) is 23.2 Å². The molecule has 4 unspecified atom stereocenters. The van der Waals surface area contributed by atoms with E-state index in [1.165, 1.54) is 13.5 Å². The molecule has 6 nitrogen and oxygen atoms in total. The number of benzene rings is 1. The standard InChI is InChI=1S/C22H29FN2O4/c1-22(6-3-7-22)11-24-21(28)18-12-4-5-13(8-12)19(18)25-20(27)14-9-16(26)15(23)10-17(14)29-2/h9-10,12-13,18-19,26H,3-8,11H2,1-2H3,(H,24,28)(H,25,27). The zero-order valence-corrected chi connectivity index (χ0v) is 17.0. The number of carbonyl (C=O) groups excluding carboxylic acids is 2. The van der Waals surface area contributed by atoms with Gasteiger partial charge < -0.3 is 20.5 Å². The molecular formula is C22H29FN2O4. The minimum absolute atomic E-state index is 0.0181. The highest BCUT2D eigenvalue weighted by Crippen LogP contribution is 2.49. The first-order valence-electron chi connectivity index (χ1n) is 10.5. The lowest BCUT2D eigenvalue weighted by Crippen LogP contribution is -2.51. The molecule has 3 aliphatic carbocycles. The summed E-state index contributed by atoms with van der Waals surface area (Å²) in [5.74, 6) is -1.54. The van der Waals surface area contributed by atoms with E-state index in [4.69, 9.17) is 4.74 Å². The average molecular weight is 404 g/mol. The van der Waals surface area contributed by atoms with Gasteiger partial charge in [-0.3, -0.25) is 9.59 Å². The third-order valence-electron chi connectivity index (χ3n) is 7.28. The minimum atomic E-state index is -0.847. The quantitative estimate of drug-likeness (QED) is 0.680. The molecule has 4 rings (SSSR count). The number of hydrogen-bond acceptors (Lipinski definition) is 4. The summed E-state index contributed by atoms with van der Waals surface area (Å²) in [5.41, 5.74) is 0.265. The average Bonchev–Trinajstić information content (AvgIpc) is 3.28. The van der Waals surface area contributed by atoms with Crippen LogP contribution in [-0.2, 0) is 4.79 Å². The molecule has 0 aliphatic heterocycles. The van der Waals surface area contributed by atoms with Gasteiger partial charge in [0.15, 0.2) is 11.6 Å². The fraction of sp³-hybridized carbons (Fsp3) is 0.636.